The summed E-state index contributed by atoms with van der Waals surface area (Å²) < 4.78 is 68.6. The number of hydrogen-bond acceptors (Lipinski definition) is 15. The van der Waals surface area contributed by atoms with Crippen molar-refractivity contribution in [2.24, 2.45) is 11.8 Å². The molecule has 0 heterocycles. The van der Waals surface area contributed by atoms with Gasteiger partial charge in [-0.1, -0.05) is 356 Å². The van der Waals surface area contributed by atoms with Crippen molar-refractivity contribution in [2.45, 2.75) is 426 Å². The van der Waals surface area contributed by atoms with Gasteiger partial charge >= 0.3 is 39.5 Å². The molecule has 0 saturated carbocycles. The van der Waals surface area contributed by atoms with Crippen LogP contribution in [0.5, 0.6) is 0 Å². The average Bonchev–Trinajstić information content (AvgIpc) is 1.01. The van der Waals surface area contributed by atoms with Crippen LogP contribution in [0.4, 0.5) is 0 Å². The summed E-state index contributed by atoms with van der Waals surface area (Å²) in [5, 5.41) is 10.6. The number of ether oxygens (including phenoxy) is 4. The molecule has 0 aromatic rings. The SMILES string of the molecule is CCCCCCCCCCCCCCCCCCC(=O)OC[C@H](COP(=O)(O)OC[C@@H](O)COP(=O)(O)OC[C@@H](COC(=O)CCCCCCCCCCCCC)OC(=O)CCCCCCCCCCCCCC(C)C)OC(=O)CCCCCCCCCCCCCCCC(C)C. The van der Waals surface area contributed by atoms with Gasteiger partial charge in [-0.25, -0.2) is 9.13 Å². The normalized spacial score (nSPS) is 14.0. The van der Waals surface area contributed by atoms with Crippen LogP contribution >= 0.6 is 15.6 Å². The number of aliphatic hydroxyl groups is 1. The first-order valence-electron chi connectivity index (χ1n) is 40.5. The van der Waals surface area contributed by atoms with Crippen LogP contribution in [0.15, 0.2) is 0 Å². The molecule has 0 radical (unpaired) electrons. The molecule has 0 amide bonds. The molecule has 3 N–H and O–H groups in total. The number of rotatable bonds is 77. The van der Waals surface area contributed by atoms with Crippen molar-refractivity contribution in [3.63, 3.8) is 0 Å². The molecule has 0 saturated heterocycles. The van der Waals surface area contributed by atoms with E-state index in [0.717, 1.165) is 102 Å². The van der Waals surface area contributed by atoms with Crippen LogP contribution in [0.2, 0.25) is 0 Å². The molecule has 0 aliphatic heterocycles. The van der Waals surface area contributed by atoms with Gasteiger partial charge in [-0.2, -0.15) is 0 Å². The summed E-state index contributed by atoms with van der Waals surface area (Å²) in [4.78, 5) is 72.9. The van der Waals surface area contributed by atoms with Crippen LogP contribution in [0, 0.1) is 11.8 Å². The van der Waals surface area contributed by atoms with E-state index in [9.17, 15) is 43.2 Å². The van der Waals surface area contributed by atoms with Gasteiger partial charge in [-0.15, -0.1) is 0 Å². The second kappa shape index (κ2) is 69.8. The highest BCUT2D eigenvalue weighted by Crippen LogP contribution is 2.45. The van der Waals surface area contributed by atoms with Crippen molar-refractivity contribution < 1.29 is 80.2 Å². The number of carbonyl (C=O) groups excluding carboxylic acids is 4. The lowest BCUT2D eigenvalue weighted by Gasteiger charge is -2.21. The first-order chi connectivity index (χ1) is 46.9. The van der Waals surface area contributed by atoms with E-state index in [1.165, 1.54) is 225 Å². The van der Waals surface area contributed by atoms with Gasteiger partial charge in [0.05, 0.1) is 26.4 Å². The predicted molar refractivity (Wildman–Crippen MR) is 395 cm³/mol. The van der Waals surface area contributed by atoms with Gasteiger partial charge in [0.25, 0.3) is 0 Å². The second-order valence-corrected chi connectivity index (χ2v) is 32.0. The van der Waals surface area contributed by atoms with Crippen LogP contribution in [0.3, 0.4) is 0 Å². The fraction of sp³-hybridized carbons (Fsp3) is 0.949. The number of aliphatic hydroxyl groups excluding tert-OH is 1. The van der Waals surface area contributed by atoms with Crippen molar-refractivity contribution in [1.82, 2.24) is 0 Å². The van der Waals surface area contributed by atoms with Crippen LogP contribution < -0.4 is 0 Å². The molecule has 0 aliphatic carbocycles. The topological polar surface area (TPSA) is 237 Å². The van der Waals surface area contributed by atoms with Crippen LogP contribution in [0.1, 0.15) is 408 Å². The van der Waals surface area contributed by atoms with E-state index in [2.05, 4.69) is 41.5 Å². The van der Waals surface area contributed by atoms with E-state index >= 15 is 0 Å². The molecule has 0 aromatic carbocycles. The Kier molecular flexibility index (Phi) is 68.4. The van der Waals surface area contributed by atoms with Crippen molar-refractivity contribution in [3.05, 3.63) is 0 Å². The lowest BCUT2D eigenvalue weighted by molar-refractivity contribution is -0.161. The summed E-state index contributed by atoms with van der Waals surface area (Å²) in [6.07, 6.45) is 58.1. The maximum Gasteiger partial charge on any atom is 0.472 e. The highest BCUT2D eigenvalue weighted by atomic mass is 31.2. The summed E-state index contributed by atoms with van der Waals surface area (Å²) in [6.45, 7) is 9.63. The molecule has 5 atom stereocenters. The molecule has 576 valence electrons. The molecule has 17 nitrogen and oxygen atoms in total. The van der Waals surface area contributed by atoms with Crippen LogP contribution in [-0.2, 0) is 65.4 Å². The minimum Gasteiger partial charge on any atom is -0.462 e. The van der Waals surface area contributed by atoms with E-state index in [4.69, 9.17) is 37.0 Å². The molecule has 0 aromatic heterocycles. The Balaban J connectivity index is 5.26. The summed E-state index contributed by atoms with van der Waals surface area (Å²) in [5.41, 5.74) is 0. The van der Waals surface area contributed by atoms with E-state index in [1.54, 1.807) is 0 Å². The maximum atomic E-state index is 13.1. The summed E-state index contributed by atoms with van der Waals surface area (Å²) in [7, 11) is -9.91. The smallest absolute Gasteiger partial charge is 0.462 e. The summed E-state index contributed by atoms with van der Waals surface area (Å²) >= 11 is 0. The molecule has 0 fully saturated rings. The minimum atomic E-state index is -4.96. The number of phosphoric acid groups is 2. The monoisotopic (exact) mass is 1420 g/mol. The van der Waals surface area contributed by atoms with Gasteiger partial charge in [0.1, 0.15) is 19.3 Å². The molecular weight excluding hydrogens is 1270 g/mol. The fourth-order valence-corrected chi connectivity index (χ4v) is 13.6. The zero-order valence-electron chi connectivity index (χ0n) is 63.4. The Morgan fingerprint density at radius 3 is 0.701 bits per heavy atom. The third kappa shape index (κ3) is 72.2. The highest BCUT2D eigenvalue weighted by Gasteiger charge is 2.30. The number of carbonyl (C=O) groups is 4. The third-order valence-electron chi connectivity index (χ3n) is 18.2. The van der Waals surface area contributed by atoms with Crippen molar-refractivity contribution in [1.29, 1.82) is 0 Å². The Labute approximate surface area is 594 Å². The summed E-state index contributed by atoms with van der Waals surface area (Å²) in [6, 6.07) is 0. The lowest BCUT2D eigenvalue weighted by atomic mass is 10.0. The largest absolute Gasteiger partial charge is 0.472 e. The molecule has 19 heteroatoms. The molecule has 0 bridgehead atoms. The third-order valence-corrected chi connectivity index (χ3v) is 20.1. The van der Waals surface area contributed by atoms with Crippen LogP contribution in [0.25, 0.3) is 0 Å². The molecule has 97 heavy (non-hydrogen) atoms. The zero-order chi connectivity index (χ0) is 71.4. The Hall–Kier alpha value is -1.94. The fourth-order valence-electron chi connectivity index (χ4n) is 12.0. The molecule has 0 spiro atoms. The van der Waals surface area contributed by atoms with Crippen molar-refractivity contribution >= 4 is 39.5 Å². The highest BCUT2D eigenvalue weighted by molar-refractivity contribution is 7.47. The van der Waals surface area contributed by atoms with E-state index in [-0.39, 0.29) is 25.7 Å². The Bertz CT molecular complexity index is 1870. The maximum absolute atomic E-state index is 13.1. The summed E-state index contributed by atoms with van der Waals surface area (Å²) in [5.74, 6) is -0.559. The minimum absolute atomic E-state index is 0.107. The molecule has 0 aliphatic rings. The Morgan fingerprint density at radius 1 is 0.278 bits per heavy atom. The number of esters is 4. The van der Waals surface area contributed by atoms with Crippen molar-refractivity contribution in [3.8, 4) is 0 Å². The molecule has 0 rings (SSSR count). The second-order valence-electron chi connectivity index (χ2n) is 29.1. The van der Waals surface area contributed by atoms with Crippen LogP contribution in [-0.4, -0.2) is 96.7 Å². The zero-order valence-corrected chi connectivity index (χ0v) is 65.2. The quantitative estimate of drug-likeness (QED) is 0.0222. The van der Waals surface area contributed by atoms with Crippen molar-refractivity contribution in [2.75, 3.05) is 39.6 Å². The lowest BCUT2D eigenvalue weighted by Crippen LogP contribution is -2.30. The number of phosphoric ester groups is 2. The standard InChI is InChI=1S/C78H152O17P2/c1-7-9-11-13-15-17-19-20-21-22-25-31-37-43-49-55-61-76(81)89-67-74(94-77(82)62-56-50-44-38-32-26-23-24-29-34-40-46-52-58-70(3)4)69-93-97(86,87)91-65-72(79)64-90-96(84,85)92-68-73(66-88-75(80)60-54-48-42-36-28-18-16-14-12-10-8-2)95-78(83)63-57-51-45-39-33-27-30-35-41-47-53-59-71(5)6/h70-74,79H,7-69H2,1-6H3,(H,84,85)(H,86,87)/t72-,73+,74+/m0/s1. The molecular formula is C78H152O17P2. The predicted octanol–water partition coefficient (Wildman–Crippen LogP) is 23.1. The first-order valence-corrected chi connectivity index (χ1v) is 43.5. The van der Waals surface area contributed by atoms with Gasteiger partial charge in [-0.3, -0.25) is 37.3 Å². The number of unbranched alkanes of at least 4 members (excludes halogenated alkanes) is 47. The van der Waals surface area contributed by atoms with Gasteiger partial charge in [0, 0.05) is 25.7 Å². The Morgan fingerprint density at radius 2 is 0.474 bits per heavy atom. The van der Waals surface area contributed by atoms with E-state index < -0.39 is 97.5 Å². The van der Waals surface area contributed by atoms with Gasteiger partial charge in [-0.05, 0) is 37.5 Å². The molecule has 2 unspecified atom stereocenters. The average molecular weight is 1420 g/mol. The van der Waals surface area contributed by atoms with Gasteiger partial charge in [0.2, 0.25) is 0 Å². The van der Waals surface area contributed by atoms with Gasteiger partial charge < -0.3 is 33.8 Å². The van der Waals surface area contributed by atoms with E-state index in [0.29, 0.717) is 25.7 Å². The number of hydrogen-bond donors (Lipinski definition) is 3. The first kappa shape index (κ1) is 95.1. The van der Waals surface area contributed by atoms with E-state index in [1.807, 2.05) is 0 Å². The van der Waals surface area contributed by atoms with Gasteiger partial charge in [0.15, 0.2) is 12.2 Å².